The molecule has 4 rings (SSSR count). The fourth-order valence-corrected chi connectivity index (χ4v) is 4.58. The molecule has 9 heteroatoms. The first-order valence-electron chi connectivity index (χ1n) is 11.3. The number of ether oxygens (including phenoxy) is 1. The summed E-state index contributed by atoms with van der Waals surface area (Å²) in [7, 11) is -3.94. The van der Waals surface area contributed by atoms with Gasteiger partial charge >= 0.3 is 5.97 Å². The number of carbonyl (C=O) groups excluding carboxylic acids is 1. The summed E-state index contributed by atoms with van der Waals surface area (Å²) in [5.41, 5.74) is 2.34. The lowest BCUT2D eigenvalue weighted by Crippen LogP contribution is -2.16. The minimum Gasteiger partial charge on any atom is -0.489 e. The van der Waals surface area contributed by atoms with Crippen LogP contribution in [0, 0.1) is 6.92 Å². The third-order valence-electron chi connectivity index (χ3n) is 5.42. The van der Waals surface area contributed by atoms with Gasteiger partial charge in [-0.1, -0.05) is 48.0 Å². The maximum atomic E-state index is 12.9. The molecule has 0 saturated heterocycles. The number of nitrogens with one attached hydrogen (secondary N) is 2. The third-order valence-corrected chi connectivity index (χ3v) is 6.81. The Labute approximate surface area is 214 Å². The van der Waals surface area contributed by atoms with Crippen LogP contribution in [-0.4, -0.2) is 25.4 Å². The fourth-order valence-electron chi connectivity index (χ4n) is 3.53. The number of benzene rings is 4. The van der Waals surface area contributed by atoms with Crippen molar-refractivity contribution in [3.05, 3.63) is 119 Å². The highest BCUT2D eigenvalue weighted by Gasteiger charge is 2.17. The van der Waals surface area contributed by atoms with E-state index in [2.05, 4.69) is 10.0 Å². The first kappa shape index (κ1) is 25.5. The normalized spacial score (nSPS) is 10.9. The van der Waals surface area contributed by atoms with E-state index >= 15 is 0 Å². The van der Waals surface area contributed by atoms with Gasteiger partial charge in [0.15, 0.2) is 0 Å². The van der Waals surface area contributed by atoms with Crippen LogP contribution < -0.4 is 14.8 Å². The molecule has 0 bridgehead atoms. The smallest absolute Gasteiger partial charge is 0.337 e. The van der Waals surface area contributed by atoms with Gasteiger partial charge in [0.1, 0.15) is 12.4 Å². The molecule has 8 nitrogen and oxygen atoms in total. The molecule has 0 aliphatic heterocycles. The molecule has 4 aromatic carbocycles. The van der Waals surface area contributed by atoms with Gasteiger partial charge in [-0.05, 0) is 61.0 Å². The minimum atomic E-state index is -3.94. The number of aryl methyl sites for hydroxylation is 1. The number of sulfonamides is 1. The molecule has 0 radical (unpaired) electrons. The summed E-state index contributed by atoms with van der Waals surface area (Å²) in [6, 6.07) is 26.2. The van der Waals surface area contributed by atoms with E-state index in [1.54, 1.807) is 37.3 Å². The lowest BCUT2D eigenvalue weighted by Gasteiger charge is -2.12. The molecular formula is C28H24N2O6S. The van der Waals surface area contributed by atoms with Crippen molar-refractivity contribution in [2.24, 2.45) is 0 Å². The Hall–Kier alpha value is -4.63. The molecule has 0 atom stereocenters. The van der Waals surface area contributed by atoms with Crippen molar-refractivity contribution in [3.8, 4) is 5.75 Å². The van der Waals surface area contributed by atoms with Crippen molar-refractivity contribution < 1.29 is 27.9 Å². The molecule has 1 amide bonds. The van der Waals surface area contributed by atoms with E-state index in [4.69, 9.17) is 4.74 Å². The molecule has 0 unspecified atom stereocenters. The van der Waals surface area contributed by atoms with Crippen LogP contribution in [0.3, 0.4) is 0 Å². The van der Waals surface area contributed by atoms with E-state index in [-0.39, 0.29) is 21.7 Å². The van der Waals surface area contributed by atoms with Crippen molar-refractivity contribution in [1.82, 2.24) is 0 Å². The number of hydrogen-bond acceptors (Lipinski definition) is 5. The number of anilines is 2. The van der Waals surface area contributed by atoms with Gasteiger partial charge in [0.25, 0.3) is 15.9 Å². The van der Waals surface area contributed by atoms with Crippen LogP contribution in [0.1, 0.15) is 31.8 Å². The van der Waals surface area contributed by atoms with Crippen LogP contribution in [0.2, 0.25) is 0 Å². The van der Waals surface area contributed by atoms with Gasteiger partial charge in [0.05, 0.1) is 21.8 Å². The highest BCUT2D eigenvalue weighted by Crippen LogP contribution is 2.23. The first-order chi connectivity index (χ1) is 17.7. The minimum absolute atomic E-state index is 0.0354. The molecule has 4 aromatic rings. The summed E-state index contributed by atoms with van der Waals surface area (Å²) in [6.45, 7) is 2.09. The Bertz CT molecular complexity index is 1530. The van der Waals surface area contributed by atoms with E-state index in [1.807, 2.05) is 30.3 Å². The third kappa shape index (κ3) is 6.53. The topological polar surface area (TPSA) is 122 Å². The van der Waals surface area contributed by atoms with E-state index in [0.29, 0.717) is 18.0 Å². The zero-order valence-electron chi connectivity index (χ0n) is 19.8. The van der Waals surface area contributed by atoms with Gasteiger partial charge in [0.2, 0.25) is 0 Å². The molecular weight excluding hydrogens is 492 g/mol. The van der Waals surface area contributed by atoms with Gasteiger partial charge in [-0.25, -0.2) is 13.2 Å². The van der Waals surface area contributed by atoms with Crippen LogP contribution in [0.15, 0.2) is 102 Å². The van der Waals surface area contributed by atoms with E-state index in [9.17, 15) is 23.1 Å². The molecule has 0 aromatic heterocycles. The Kier molecular flexibility index (Phi) is 7.55. The van der Waals surface area contributed by atoms with E-state index in [0.717, 1.165) is 11.1 Å². The van der Waals surface area contributed by atoms with Gasteiger partial charge in [0, 0.05) is 11.6 Å². The molecule has 0 fully saturated rings. The quantitative estimate of drug-likeness (QED) is 0.277. The molecule has 0 spiro atoms. The standard InChI is InChI=1S/C28H24N2O6S/c1-19-10-15-26(25(16-19)28(32)33)29-27(31)21-11-13-24(14-12-21)37(34,35)30-22-8-5-9-23(17-22)36-18-20-6-3-2-4-7-20/h2-17,30H,18H2,1H3,(H,29,31)(H,32,33). The van der Waals surface area contributed by atoms with E-state index in [1.165, 1.54) is 36.4 Å². The number of carbonyl (C=O) groups is 2. The van der Waals surface area contributed by atoms with Crippen LogP contribution in [0.25, 0.3) is 0 Å². The maximum absolute atomic E-state index is 12.9. The van der Waals surface area contributed by atoms with Gasteiger partial charge in [-0.15, -0.1) is 0 Å². The zero-order valence-corrected chi connectivity index (χ0v) is 20.7. The Morgan fingerprint density at radius 1 is 0.865 bits per heavy atom. The highest BCUT2D eigenvalue weighted by atomic mass is 32.2. The predicted molar refractivity (Wildman–Crippen MR) is 141 cm³/mol. The highest BCUT2D eigenvalue weighted by molar-refractivity contribution is 7.92. The monoisotopic (exact) mass is 516 g/mol. The Morgan fingerprint density at radius 3 is 2.30 bits per heavy atom. The summed E-state index contributed by atoms with van der Waals surface area (Å²) in [4.78, 5) is 24.1. The largest absolute Gasteiger partial charge is 0.489 e. The number of carboxylic acids is 1. The van der Waals surface area contributed by atoms with Gasteiger partial charge in [-0.3, -0.25) is 9.52 Å². The van der Waals surface area contributed by atoms with Crippen LogP contribution in [-0.2, 0) is 16.6 Å². The van der Waals surface area contributed by atoms with Crippen LogP contribution in [0.5, 0.6) is 5.75 Å². The van der Waals surface area contributed by atoms with Crippen molar-refractivity contribution in [2.75, 3.05) is 10.0 Å². The van der Waals surface area contributed by atoms with Gasteiger partial charge in [-0.2, -0.15) is 0 Å². The molecule has 0 aliphatic carbocycles. The molecule has 0 aliphatic rings. The predicted octanol–water partition coefficient (Wildman–Crippen LogP) is 5.33. The fraction of sp³-hybridized carbons (Fsp3) is 0.0714. The molecule has 0 saturated carbocycles. The first-order valence-corrected chi connectivity index (χ1v) is 12.7. The van der Waals surface area contributed by atoms with Crippen molar-refractivity contribution >= 4 is 33.3 Å². The molecule has 0 heterocycles. The van der Waals surface area contributed by atoms with Gasteiger partial charge < -0.3 is 15.2 Å². The van der Waals surface area contributed by atoms with Crippen LogP contribution in [0.4, 0.5) is 11.4 Å². The SMILES string of the molecule is Cc1ccc(NC(=O)c2ccc(S(=O)(=O)Nc3cccc(OCc4ccccc4)c3)cc2)c(C(=O)O)c1. The number of hydrogen-bond donors (Lipinski definition) is 3. The second kappa shape index (κ2) is 11.0. The number of rotatable bonds is 9. The zero-order chi connectivity index (χ0) is 26.4. The van der Waals surface area contributed by atoms with E-state index < -0.39 is 21.9 Å². The average Bonchev–Trinajstić information content (AvgIpc) is 2.89. The summed E-state index contributed by atoms with van der Waals surface area (Å²) >= 11 is 0. The summed E-state index contributed by atoms with van der Waals surface area (Å²) in [5, 5.41) is 12.0. The lowest BCUT2D eigenvalue weighted by molar-refractivity contribution is 0.0698. The molecule has 37 heavy (non-hydrogen) atoms. The summed E-state index contributed by atoms with van der Waals surface area (Å²) in [5.74, 6) is -1.22. The van der Waals surface area contributed by atoms with Crippen molar-refractivity contribution in [1.29, 1.82) is 0 Å². The Morgan fingerprint density at radius 2 is 1.59 bits per heavy atom. The second-order valence-corrected chi connectivity index (χ2v) is 9.92. The summed E-state index contributed by atoms with van der Waals surface area (Å²) in [6.07, 6.45) is 0. The number of carboxylic acid groups (broad SMARTS) is 1. The van der Waals surface area contributed by atoms with Crippen molar-refractivity contribution in [2.45, 2.75) is 18.4 Å². The average molecular weight is 517 g/mol. The second-order valence-electron chi connectivity index (χ2n) is 8.24. The number of amides is 1. The Balaban J connectivity index is 1.43. The van der Waals surface area contributed by atoms with Crippen LogP contribution >= 0.6 is 0 Å². The lowest BCUT2D eigenvalue weighted by atomic mass is 10.1. The molecule has 188 valence electrons. The summed E-state index contributed by atoms with van der Waals surface area (Å²) < 4.78 is 34.1. The molecule has 3 N–H and O–H groups in total. The number of aromatic carboxylic acids is 1. The maximum Gasteiger partial charge on any atom is 0.337 e. The van der Waals surface area contributed by atoms with Crippen molar-refractivity contribution in [3.63, 3.8) is 0 Å².